The van der Waals surface area contributed by atoms with Gasteiger partial charge in [0.2, 0.25) is 0 Å². The van der Waals surface area contributed by atoms with Gasteiger partial charge >= 0.3 is 0 Å². The van der Waals surface area contributed by atoms with Gasteiger partial charge in [-0.05, 0) is 73.4 Å². The third-order valence-electron chi connectivity index (χ3n) is 5.94. The average Bonchev–Trinajstić information content (AvgIpc) is 3.31. The minimum Gasteiger partial charge on any atom is -0.343 e. The smallest absolute Gasteiger partial charge is 0.272 e. The SMILES string of the molecule is C[C@@H](NC(=O)c1ccc(=O)n(-c2ccccc2F)n1)c1ccc(-c2cc3c(cc2C=O)CC3)s1. The number of carbonyl (C=O) groups excluding carboxylic acids is 2. The van der Waals surface area contributed by atoms with Crippen molar-refractivity contribution >= 4 is 23.5 Å². The molecule has 1 amide bonds. The molecule has 0 unspecified atom stereocenters. The molecule has 1 aliphatic rings. The number of halogens is 1. The van der Waals surface area contributed by atoms with Crippen LogP contribution in [-0.4, -0.2) is 22.0 Å². The maximum Gasteiger partial charge on any atom is 0.272 e. The molecule has 4 aromatic rings. The Labute approximate surface area is 198 Å². The number of amides is 1. The average molecular weight is 474 g/mol. The van der Waals surface area contributed by atoms with Crippen molar-refractivity contribution in [3.05, 3.63) is 104 Å². The van der Waals surface area contributed by atoms with Gasteiger partial charge in [-0.1, -0.05) is 12.1 Å². The van der Waals surface area contributed by atoms with E-state index in [1.165, 1.54) is 52.8 Å². The molecule has 0 saturated carbocycles. The largest absolute Gasteiger partial charge is 0.343 e. The van der Waals surface area contributed by atoms with Gasteiger partial charge in [0.25, 0.3) is 11.5 Å². The van der Waals surface area contributed by atoms with E-state index in [-0.39, 0.29) is 17.4 Å². The Kier molecular flexibility index (Phi) is 5.67. The summed E-state index contributed by atoms with van der Waals surface area (Å²) in [4.78, 5) is 38.5. The van der Waals surface area contributed by atoms with Crippen molar-refractivity contribution in [2.75, 3.05) is 0 Å². The second-order valence-corrected chi connectivity index (χ2v) is 9.26. The number of carbonyl (C=O) groups is 2. The van der Waals surface area contributed by atoms with Crippen LogP contribution >= 0.6 is 11.3 Å². The summed E-state index contributed by atoms with van der Waals surface area (Å²) in [6.07, 6.45) is 2.91. The molecule has 2 aromatic carbocycles. The van der Waals surface area contributed by atoms with Crippen LogP contribution in [-0.2, 0) is 12.8 Å². The highest BCUT2D eigenvalue weighted by atomic mass is 32.1. The van der Waals surface area contributed by atoms with E-state index < -0.39 is 17.3 Å². The Morgan fingerprint density at radius 1 is 1.12 bits per heavy atom. The molecule has 2 heterocycles. The van der Waals surface area contributed by atoms with E-state index in [1.54, 1.807) is 6.07 Å². The first kappa shape index (κ1) is 21.9. The Morgan fingerprint density at radius 2 is 1.88 bits per heavy atom. The monoisotopic (exact) mass is 473 g/mol. The van der Waals surface area contributed by atoms with Crippen molar-refractivity contribution in [3.8, 4) is 16.1 Å². The van der Waals surface area contributed by atoms with E-state index in [2.05, 4.69) is 16.5 Å². The number of nitrogens with zero attached hydrogens (tertiary/aromatic N) is 2. The van der Waals surface area contributed by atoms with E-state index in [0.29, 0.717) is 5.56 Å². The lowest BCUT2D eigenvalue weighted by atomic mass is 9.85. The van der Waals surface area contributed by atoms with Crippen LogP contribution in [0.1, 0.15) is 49.8 Å². The zero-order valence-electron chi connectivity index (χ0n) is 18.2. The van der Waals surface area contributed by atoms with Gasteiger partial charge in [-0.3, -0.25) is 14.4 Å². The molecule has 2 aromatic heterocycles. The summed E-state index contributed by atoms with van der Waals surface area (Å²) in [5.41, 5.74) is 3.51. The van der Waals surface area contributed by atoms with Crippen LogP contribution in [0.25, 0.3) is 16.1 Å². The topological polar surface area (TPSA) is 81.1 Å². The quantitative estimate of drug-likeness (QED) is 0.418. The van der Waals surface area contributed by atoms with Crippen molar-refractivity contribution < 1.29 is 14.0 Å². The number of rotatable bonds is 6. The number of nitrogens with one attached hydrogen (secondary N) is 1. The minimum absolute atomic E-state index is 0.00269. The van der Waals surface area contributed by atoms with Crippen molar-refractivity contribution in [1.82, 2.24) is 15.1 Å². The van der Waals surface area contributed by atoms with Crippen molar-refractivity contribution in [3.63, 3.8) is 0 Å². The molecule has 0 fully saturated rings. The molecule has 1 N–H and O–H groups in total. The highest BCUT2D eigenvalue weighted by Crippen LogP contribution is 2.36. The van der Waals surface area contributed by atoms with Gasteiger partial charge in [0.15, 0.2) is 6.29 Å². The summed E-state index contributed by atoms with van der Waals surface area (Å²) in [6.45, 7) is 1.85. The van der Waals surface area contributed by atoms with Gasteiger partial charge in [-0.2, -0.15) is 9.78 Å². The Balaban J connectivity index is 1.37. The van der Waals surface area contributed by atoms with Crippen LogP contribution in [0.4, 0.5) is 4.39 Å². The second kappa shape index (κ2) is 8.79. The normalized spacial score (nSPS) is 13.0. The fourth-order valence-electron chi connectivity index (χ4n) is 3.98. The van der Waals surface area contributed by atoms with Gasteiger partial charge in [-0.15, -0.1) is 11.3 Å². The van der Waals surface area contributed by atoms with E-state index >= 15 is 0 Å². The molecule has 6 nitrogen and oxygen atoms in total. The number of aldehydes is 1. The van der Waals surface area contributed by atoms with Crippen molar-refractivity contribution in [2.24, 2.45) is 0 Å². The number of hydrogen-bond donors (Lipinski definition) is 1. The van der Waals surface area contributed by atoms with Gasteiger partial charge in [-0.25, -0.2) is 4.39 Å². The zero-order valence-corrected chi connectivity index (χ0v) is 19.1. The van der Waals surface area contributed by atoms with Gasteiger partial charge in [0.1, 0.15) is 17.2 Å². The molecule has 0 radical (unpaired) electrons. The number of thiophene rings is 1. The standard InChI is InChI=1S/C26H20FN3O3S/c1-15(23-9-10-24(34-23)19-13-17-7-6-16(17)12-18(19)14-31)28-26(33)21-8-11-25(32)30(29-21)22-5-3-2-4-20(22)27/h2-5,8-15H,6-7H2,1H3,(H,28,33)/t15-/m1/s1. The highest BCUT2D eigenvalue weighted by molar-refractivity contribution is 7.15. The van der Waals surface area contributed by atoms with E-state index in [1.807, 2.05) is 25.1 Å². The summed E-state index contributed by atoms with van der Waals surface area (Å²) < 4.78 is 15.0. The number of fused-ring (bicyclic) bond motifs is 1. The van der Waals surface area contributed by atoms with Crippen LogP contribution in [0.3, 0.4) is 0 Å². The van der Waals surface area contributed by atoms with Crippen LogP contribution in [0.15, 0.2) is 65.5 Å². The number of hydrogen-bond acceptors (Lipinski definition) is 5. The first-order valence-electron chi connectivity index (χ1n) is 10.8. The summed E-state index contributed by atoms with van der Waals surface area (Å²) >= 11 is 1.51. The molecule has 5 rings (SSSR count). The minimum atomic E-state index is -0.611. The summed E-state index contributed by atoms with van der Waals surface area (Å²) in [5, 5.41) is 6.95. The third kappa shape index (κ3) is 3.97. The Hall–Kier alpha value is -3.91. The predicted molar refractivity (Wildman–Crippen MR) is 128 cm³/mol. The van der Waals surface area contributed by atoms with Crippen LogP contribution < -0.4 is 10.9 Å². The molecule has 0 spiro atoms. The first-order valence-corrected chi connectivity index (χ1v) is 11.6. The lowest BCUT2D eigenvalue weighted by molar-refractivity contribution is 0.0933. The summed E-state index contributed by atoms with van der Waals surface area (Å²) in [7, 11) is 0. The molecule has 0 bridgehead atoms. The van der Waals surface area contributed by atoms with Crippen molar-refractivity contribution in [1.29, 1.82) is 0 Å². The van der Waals surface area contributed by atoms with Crippen molar-refractivity contribution in [2.45, 2.75) is 25.8 Å². The molecular weight excluding hydrogens is 453 g/mol. The first-order chi connectivity index (χ1) is 16.4. The molecule has 8 heteroatoms. The molecule has 170 valence electrons. The molecule has 0 saturated heterocycles. The van der Waals surface area contributed by atoms with E-state index in [0.717, 1.165) is 39.1 Å². The lowest BCUT2D eigenvalue weighted by Gasteiger charge is -2.20. The van der Waals surface area contributed by atoms with E-state index in [4.69, 9.17) is 0 Å². The van der Waals surface area contributed by atoms with E-state index in [9.17, 15) is 18.8 Å². The fourth-order valence-corrected chi connectivity index (χ4v) is 5.03. The van der Waals surface area contributed by atoms with Crippen LogP contribution in [0, 0.1) is 5.82 Å². The number of benzene rings is 2. The summed E-state index contributed by atoms with van der Waals surface area (Å²) in [5.74, 6) is -1.10. The Bertz CT molecular complexity index is 1490. The van der Waals surface area contributed by atoms with Gasteiger partial charge < -0.3 is 5.32 Å². The summed E-state index contributed by atoms with van der Waals surface area (Å²) in [6, 6.07) is 15.8. The van der Waals surface area contributed by atoms with Gasteiger partial charge in [0.05, 0.1) is 6.04 Å². The predicted octanol–water partition coefficient (Wildman–Crippen LogP) is 4.50. The maximum absolute atomic E-state index is 14.1. The lowest BCUT2D eigenvalue weighted by Crippen LogP contribution is -2.30. The third-order valence-corrected chi connectivity index (χ3v) is 7.24. The maximum atomic E-state index is 14.1. The molecule has 1 aliphatic carbocycles. The van der Waals surface area contributed by atoms with Gasteiger partial charge in [0, 0.05) is 26.9 Å². The Morgan fingerprint density at radius 3 is 2.62 bits per heavy atom. The molecular formula is C26H20FN3O3S. The fraction of sp³-hybridized carbons (Fsp3) is 0.154. The number of aryl methyl sites for hydroxylation is 2. The number of aromatic nitrogens is 2. The zero-order chi connectivity index (χ0) is 23.8. The van der Waals surface area contributed by atoms with Crippen LogP contribution in [0.2, 0.25) is 0 Å². The molecule has 34 heavy (non-hydrogen) atoms. The van der Waals surface area contributed by atoms with Crippen LogP contribution in [0.5, 0.6) is 0 Å². The highest BCUT2D eigenvalue weighted by Gasteiger charge is 2.20. The number of para-hydroxylation sites is 1. The molecule has 1 atom stereocenters. The second-order valence-electron chi connectivity index (χ2n) is 8.14. The molecule has 0 aliphatic heterocycles.